The van der Waals surface area contributed by atoms with E-state index in [1.807, 2.05) is 31.2 Å². The minimum Gasteiger partial charge on any atom is -0.349 e. The summed E-state index contributed by atoms with van der Waals surface area (Å²) in [6, 6.07) is 14.7. The summed E-state index contributed by atoms with van der Waals surface area (Å²) in [5.41, 5.74) is 3.12. The predicted octanol–water partition coefficient (Wildman–Crippen LogP) is 3.60. The molecule has 1 aromatic heterocycles. The number of benzene rings is 2. The molecule has 0 bridgehead atoms. The van der Waals surface area contributed by atoms with Gasteiger partial charge >= 0.3 is 0 Å². The van der Waals surface area contributed by atoms with Crippen molar-refractivity contribution in [3.05, 3.63) is 81.5 Å². The number of anilines is 1. The number of hydrogen-bond acceptors (Lipinski definition) is 5. The maximum absolute atomic E-state index is 12.8. The lowest BCUT2D eigenvalue weighted by Gasteiger charge is -2.18. The number of amides is 2. The minimum absolute atomic E-state index is 0.0329. The molecular formula is C22H23N5O4. The molecule has 3 rings (SSSR count). The first kappa shape index (κ1) is 21.7. The first-order valence-corrected chi connectivity index (χ1v) is 9.68. The number of aryl methyl sites for hydroxylation is 2. The standard InChI is InChI=1S/C22H23N5O4/c1-14-4-6-17(7-5-14)20(23-16(3)28)13-22(29)24-21-12-15(2)25-26(21)18-8-10-19(11-9-18)27(30)31/h4-12,20H,13H2,1-3H3,(H,23,28)(H,24,29). The molecule has 2 aromatic carbocycles. The van der Waals surface area contributed by atoms with Crippen LogP contribution >= 0.6 is 0 Å². The number of nitrogens with one attached hydrogen (secondary N) is 2. The first-order chi connectivity index (χ1) is 14.7. The number of aromatic nitrogens is 2. The Kier molecular flexibility index (Phi) is 6.44. The molecule has 0 aliphatic carbocycles. The van der Waals surface area contributed by atoms with Crippen molar-refractivity contribution in [2.24, 2.45) is 0 Å². The maximum atomic E-state index is 12.8. The van der Waals surface area contributed by atoms with Crippen LogP contribution in [0.2, 0.25) is 0 Å². The maximum Gasteiger partial charge on any atom is 0.269 e. The molecule has 0 radical (unpaired) electrons. The molecule has 0 aliphatic heterocycles. The van der Waals surface area contributed by atoms with E-state index in [4.69, 9.17) is 0 Å². The number of nitro benzene ring substituents is 1. The summed E-state index contributed by atoms with van der Waals surface area (Å²) in [5, 5.41) is 20.9. The van der Waals surface area contributed by atoms with E-state index in [-0.39, 0.29) is 23.9 Å². The minimum atomic E-state index is -0.478. The molecule has 0 saturated heterocycles. The van der Waals surface area contributed by atoms with Gasteiger partial charge in [-0.15, -0.1) is 0 Å². The highest BCUT2D eigenvalue weighted by Gasteiger charge is 2.19. The van der Waals surface area contributed by atoms with E-state index in [1.165, 1.54) is 23.7 Å². The number of hydrogen-bond donors (Lipinski definition) is 2. The van der Waals surface area contributed by atoms with Gasteiger partial charge in [-0.1, -0.05) is 29.8 Å². The molecule has 1 heterocycles. The predicted molar refractivity (Wildman–Crippen MR) is 116 cm³/mol. The Morgan fingerprint density at radius 2 is 1.74 bits per heavy atom. The number of carbonyl (C=O) groups is 2. The van der Waals surface area contributed by atoms with E-state index in [2.05, 4.69) is 15.7 Å². The Morgan fingerprint density at radius 3 is 2.32 bits per heavy atom. The molecule has 2 N–H and O–H groups in total. The van der Waals surface area contributed by atoms with Crippen LogP contribution in [0.25, 0.3) is 5.69 Å². The van der Waals surface area contributed by atoms with E-state index in [9.17, 15) is 19.7 Å². The highest BCUT2D eigenvalue weighted by atomic mass is 16.6. The van der Waals surface area contributed by atoms with Crippen LogP contribution in [0.4, 0.5) is 11.5 Å². The van der Waals surface area contributed by atoms with Crippen molar-refractivity contribution in [1.82, 2.24) is 15.1 Å². The molecule has 0 aliphatic rings. The highest BCUT2D eigenvalue weighted by Crippen LogP contribution is 2.22. The lowest BCUT2D eigenvalue weighted by molar-refractivity contribution is -0.384. The second kappa shape index (κ2) is 9.21. The quantitative estimate of drug-likeness (QED) is 0.446. The third-order valence-corrected chi connectivity index (χ3v) is 4.65. The summed E-state index contributed by atoms with van der Waals surface area (Å²) in [6.07, 6.45) is 0.0349. The van der Waals surface area contributed by atoms with E-state index in [1.54, 1.807) is 25.1 Å². The molecular weight excluding hydrogens is 398 g/mol. The van der Waals surface area contributed by atoms with E-state index in [0.29, 0.717) is 17.2 Å². The fourth-order valence-electron chi connectivity index (χ4n) is 3.18. The Bertz CT molecular complexity index is 1100. The van der Waals surface area contributed by atoms with E-state index >= 15 is 0 Å². The second-order valence-corrected chi connectivity index (χ2v) is 7.27. The number of nitro groups is 1. The molecule has 2 amide bonds. The van der Waals surface area contributed by atoms with Gasteiger partial charge in [-0.05, 0) is 31.5 Å². The zero-order valence-electron chi connectivity index (χ0n) is 17.5. The van der Waals surface area contributed by atoms with Crippen molar-refractivity contribution in [2.75, 3.05) is 5.32 Å². The normalized spacial score (nSPS) is 11.6. The largest absolute Gasteiger partial charge is 0.349 e. The summed E-state index contributed by atoms with van der Waals surface area (Å²) in [7, 11) is 0. The van der Waals surface area contributed by atoms with Gasteiger partial charge in [0.05, 0.1) is 28.8 Å². The average molecular weight is 421 g/mol. The lowest BCUT2D eigenvalue weighted by atomic mass is 10.0. The Balaban J connectivity index is 1.80. The van der Waals surface area contributed by atoms with Crippen molar-refractivity contribution in [1.29, 1.82) is 0 Å². The molecule has 31 heavy (non-hydrogen) atoms. The fourth-order valence-corrected chi connectivity index (χ4v) is 3.18. The average Bonchev–Trinajstić information content (AvgIpc) is 3.07. The Morgan fingerprint density at radius 1 is 1.10 bits per heavy atom. The number of non-ortho nitro benzene ring substituents is 1. The topological polar surface area (TPSA) is 119 Å². The van der Waals surface area contributed by atoms with Crippen LogP contribution in [0.1, 0.15) is 36.2 Å². The summed E-state index contributed by atoms with van der Waals surface area (Å²) < 4.78 is 1.51. The fraction of sp³-hybridized carbons (Fsp3) is 0.227. The lowest BCUT2D eigenvalue weighted by Crippen LogP contribution is -2.30. The summed E-state index contributed by atoms with van der Waals surface area (Å²) in [4.78, 5) is 34.8. The number of nitrogens with zero attached hydrogens (tertiary/aromatic N) is 3. The van der Waals surface area contributed by atoms with Crippen LogP contribution in [-0.2, 0) is 9.59 Å². The van der Waals surface area contributed by atoms with Gasteiger partial charge < -0.3 is 10.6 Å². The van der Waals surface area contributed by atoms with Crippen LogP contribution < -0.4 is 10.6 Å². The molecule has 1 unspecified atom stereocenters. The molecule has 9 nitrogen and oxygen atoms in total. The van der Waals surface area contributed by atoms with Gasteiger partial charge in [0.15, 0.2) is 0 Å². The third kappa shape index (κ3) is 5.53. The van der Waals surface area contributed by atoms with Crippen LogP contribution in [0.3, 0.4) is 0 Å². The number of rotatable bonds is 7. The van der Waals surface area contributed by atoms with Gasteiger partial charge in [-0.25, -0.2) is 4.68 Å². The van der Waals surface area contributed by atoms with Crippen LogP contribution in [0, 0.1) is 24.0 Å². The highest BCUT2D eigenvalue weighted by molar-refractivity contribution is 5.91. The Labute approximate surface area is 179 Å². The summed E-state index contributed by atoms with van der Waals surface area (Å²) in [5.74, 6) is -0.102. The first-order valence-electron chi connectivity index (χ1n) is 9.68. The van der Waals surface area contributed by atoms with E-state index in [0.717, 1.165) is 11.1 Å². The zero-order valence-corrected chi connectivity index (χ0v) is 17.5. The van der Waals surface area contributed by atoms with Crippen molar-refractivity contribution >= 4 is 23.3 Å². The molecule has 9 heteroatoms. The van der Waals surface area contributed by atoms with Gasteiger partial charge in [0, 0.05) is 25.1 Å². The smallest absolute Gasteiger partial charge is 0.269 e. The summed E-state index contributed by atoms with van der Waals surface area (Å²) >= 11 is 0. The van der Waals surface area contributed by atoms with Crippen LogP contribution in [0.5, 0.6) is 0 Å². The third-order valence-electron chi connectivity index (χ3n) is 4.65. The van der Waals surface area contributed by atoms with Gasteiger partial charge in [-0.2, -0.15) is 5.10 Å². The van der Waals surface area contributed by atoms with Gasteiger partial charge in [0.25, 0.3) is 5.69 Å². The van der Waals surface area contributed by atoms with Crippen LogP contribution in [-0.4, -0.2) is 26.5 Å². The SMILES string of the molecule is CC(=O)NC(CC(=O)Nc1cc(C)nn1-c1ccc([N+](=O)[O-])cc1)c1ccc(C)cc1. The second-order valence-electron chi connectivity index (χ2n) is 7.27. The van der Waals surface area contributed by atoms with E-state index < -0.39 is 11.0 Å². The molecule has 160 valence electrons. The molecule has 0 fully saturated rings. The zero-order chi connectivity index (χ0) is 22.5. The molecule has 3 aromatic rings. The van der Waals surface area contributed by atoms with Crippen LogP contribution in [0.15, 0.2) is 54.6 Å². The van der Waals surface area contributed by atoms with Crippen molar-refractivity contribution in [2.45, 2.75) is 33.2 Å². The van der Waals surface area contributed by atoms with Gasteiger partial charge in [0.2, 0.25) is 11.8 Å². The number of carbonyl (C=O) groups excluding carboxylic acids is 2. The molecule has 1 atom stereocenters. The Hall–Kier alpha value is -4.01. The van der Waals surface area contributed by atoms with Gasteiger partial charge in [0.1, 0.15) is 5.82 Å². The molecule has 0 saturated carbocycles. The van der Waals surface area contributed by atoms with Gasteiger partial charge in [-0.3, -0.25) is 19.7 Å². The van der Waals surface area contributed by atoms with Crippen molar-refractivity contribution < 1.29 is 14.5 Å². The summed E-state index contributed by atoms with van der Waals surface area (Å²) in [6.45, 7) is 5.15. The monoisotopic (exact) mass is 421 g/mol. The molecule has 0 spiro atoms. The van der Waals surface area contributed by atoms with Crippen molar-refractivity contribution in [3.8, 4) is 5.69 Å². The van der Waals surface area contributed by atoms with Crippen molar-refractivity contribution in [3.63, 3.8) is 0 Å².